The highest BCUT2D eigenvalue weighted by Crippen LogP contribution is 2.04. The molecule has 0 radical (unpaired) electrons. The summed E-state index contributed by atoms with van der Waals surface area (Å²) >= 11 is 0. The largest absolute Gasteiger partial charge is 0.385 e. The number of ether oxygens (including phenoxy) is 1. The fourth-order valence-corrected chi connectivity index (χ4v) is 1.97. The van der Waals surface area contributed by atoms with Gasteiger partial charge >= 0.3 is 0 Å². The molecule has 122 valence electrons. The minimum absolute atomic E-state index is 0.215. The summed E-state index contributed by atoms with van der Waals surface area (Å²) in [5.41, 5.74) is 2.59. The smallest absolute Gasteiger partial charge is 0.270 e. The zero-order valence-electron chi connectivity index (χ0n) is 13.5. The number of hydrogen-bond acceptors (Lipinski definition) is 5. The highest BCUT2D eigenvalue weighted by atomic mass is 16.5. The van der Waals surface area contributed by atoms with Crippen LogP contribution in [0, 0.1) is 6.92 Å². The first-order valence-corrected chi connectivity index (χ1v) is 7.58. The van der Waals surface area contributed by atoms with Crippen LogP contribution in [-0.4, -0.2) is 36.1 Å². The number of hydrogen-bond donors (Lipinski definition) is 2. The number of amides is 1. The van der Waals surface area contributed by atoms with E-state index < -0.39 is 0 Å². The molecule has 0 saturated heterocycles. The molecule has 0 bridgehead atoms. The molecule has 23 heavy (non-hydrogen) atoms. The molecule has 6 nitrogen and oxygen atoms in total. The number of aromatic nitrogens is 2. The first kappa shape index (κ1) is 16.9. The maximum absolute atomic E-state index is 12.2. The van der Waals surface area contributed by atoms with Crippen molar-refractivity contribution in [3.63, 3.8) is 0 Å². The number of carbonyl (C=O) groups is 1. The van der Waals surface area contributed by atoms with Crippen molar-refractivity contribution in [3.8, 4) is 0 Å². The normalized spacial score (nSPS) is 10.3. The molecule has 0 aliphatic carbocycles. The third-order valence-corrected chi connectivity index (χ3v) is 3.27. The molecule has 0 unspecified atom stereocenters. The summed E-state index contributed by atoms with van der Waals surface area (Å²) < 4.78 is 4.98. The lowest BCUT2D eigenvalue weighted by Gasteiger charge is -2.07. The van der Waals surface area contributed by atoms with Gasteiger partial charge in [0.1, 0.15) is 5.69 Å². The van der Waals surface area contributed by atoms with Gasteiger partial charge in [0.2, 0.25) is 5.95 Å². The molecule has 0 aliphatic heterocycles. The van der Waals surface area contributed by atoms with E-state index in [-0.39, 0.29) is 5.91 Å². The van der Waals surface area contributed by atoms with Crippen LogP contribution in [0.15, 0.2) is 36.5 Å². The predicted octanol–water partition coefficient (Wildman–Crippen LogP) is 2.16. The molecule has 0 aliphatic rings. The van der Waals surface area contributed by atoms with Gasteiger partial charge in [-0.15, -0.1) is 0 Å². The summed E-state index contributed by atoms with van der Waals surface area (Å²) in [7, 11) is 1.66. The second-order valence-corrected chi connectivity index (χ2v) is 5.21. The molecular weight excluding hydrogens is 292 g/mol. The first-order valence-electron chi connectivity index (χ1n) is 7.58. The molecule has 2 rings (SSSR count). The summed E-state index contributed by atoms with van der Waals surface area (Å²) in [5, 5.41) is 5.93. The van der Waals surface area contributed by atoms with E-state index in [1.807, 2.05) is 31.2 Å². The van der Waals surface area contributed by atoms with Crippen molar-refractivity contribution in [2.75, 3.05) is 25.6 Å². The van der Waals surface area contributed by atoms with E-state index in [4.69, 9.17) is 4.74 Å². The van der Waals surface area contributed by atoms with Crippen molar-refractivity contribution < 1.29 is 9.53 Å². The Kier molecular flexibility index (Phi) is 6.50. The van der Waals surface area contributed by atoms with Gasteiger partial charge in [0.05, 0.1) is 0 Å². The first-order chi connectivity index (χ1) is 11.2. The van der Waals surface area contributed by atoms with Crippen LogP contribution in [0.25, 0.3) is 0 Å². The van der Waals surface area contributed by atoms with Gasteiger partial charge in [-0.3, -0.25) is 4.79 Å². The van der Waals surface area contributed by atoms with Crippen LogP contribution in [0.2, 0.25) is 0 Å². The Hall–Kier alpha value is -2.47. The van der Waals surface area contributed by atoms with Gasteiger partial charge in [-0.05, 0) is 25.0 Å². The molecule has 0 spiro atoms. The van der Waals surface area contributed by atoms with Gasteiger partial charge in [-0.2, -0.15) is 0 Å². The van der Waals surface area contributed by atoms with Gasteiger partial charge in [0, 0.05) is 33.0 Å². The monoisotopic (exact) mass is 314 g/mol. The van der Waals surface area contributed by atoms with E-state index in [1.165, 1.54) is 5.56 Å². The lowest BCUT2D eigenvalue weighted by molar-refractivity contribution is 0.0946. The second kappa shape index (κ2) is 8.85. The third kappa shape index (κ3) is 5.67. The van der Waals surface area contributed by atoms with Crippen LogP contribution in [0.4, 0.5) is 5.95 Å². The predicted molar refractivity (Wildman–Crippen MR) is 89.4 cm³/mol. The van der Waals surface area contributed by atoms with Crippen LogP contribution >= 0.6 is 0 Å². The Balaban J connectivity index is 1.87. The zero-order valence-corrected chi connectivity index (χ0v) is 13.5. The fraction of sp³-hybridized carbons (Fsp3) is 0.353. The summed E-state index contributed by atoms with van der Waals surface area (Å²) in [6.45, 7) is 3.87. The highest BCUT2D eigenvalue weighted by molar-refractivity contribution is 5.92. The summed E-state index contributed by atoms with van der Waals surface area (Å²) in [4.78, 5) is 20.5. The summed E-state index contributed by atoms with van der Waals surface area (Å²) in [5.74, 6) is 0.233. The molecule has 1 amide bonds. The molecule has 2 aromatic rings. The quantitative estimate of drug-likeness (QED) is 0.730. The fourth-order valence-electron chi connectivity index (χ4n) is 1.97. The van der Waals surface area contributed by atoms with E-state index in [1.54, 1.807) is 19.4 Å². The molecule has 0 atom stereocenters. The second-order valence-electron chi connectivity index (χ2n) is 5.21. The standard InChI is InChI=1S/C17H22N4O2/c1-13-4-6-14(7-5-13)12-20-16(22)15-8-10-19-17(21-15)18-9-3-11-23-2/h4-8,10H,3,9,11-12H2,1-2H3,(H,20,22)(H,18,19,21). The lowest BCUT2D eigenvalue weighted by atomic mass is 10.1. The van der Waals surface area contributed by atoms with E-state index in [9.17, 15) is 4.79 Å². The maximum atomic E-state index is 12.2. The highest BCUT2D eigenvalue weighted by Gasteiger charge is 2.08. The van der Waals surface area contributed by atoms with Crippen LogP contribution in [-0.2, 0) is 11.3 Å². The maximum Gasteiger partial charge on any atom is 0.270 e. The molecule has 1 aromatic carbocycles. The van der Waals surface area contributed by atoms with Crippen LogP contribution in [0.3, 0.4) is 0 Å². The lowest BCUT2D eigenvalue weighted by Crippen LogP contribution is -2.24. The van der Waals surface area contributed by atoms with E-state index >= 15 is 0 Å². The average Bonchev–Trinajstić information content (AvgIpc) is 2.58. The topological polar surface area (TPSA) is 76.1 Å². The van der Waals surface area contributed by atoms with Crippen molar-refractivity contribution in [1.29, 1.82) is 0 Å². The van der Waals surface area contributed by atoms with Gasteiger partial charge in [0.15, 0.2) is 0 Å². The Bertz CT molecular complexity index is 629. The Morgan fingerprint density at radius 1 is 1.22 bits per heavy atom. The number of anilines is 1. The number of methoxy groups -OCH3 is 1. The molecule has 0 fully saturated rings. The van der Waals surface area contributed by atoms with E-state index in [0.29, 0.717) is 31.3 Å². The SMILES string of the molecule is COCCCNc1nccc(C(=O)NCc2ccc(C)cc2)n1. The number of aryl methyl sites for hydroxylation is 1. The minimum atomic E-state index is -0.215. The Morgan fingerprint density at radius 3 is 2.74 bits per heavy atom. The molecule has 2 N–H and O–H groups in total. The molecule has 1 aromatic heterocycles. The van der Waals surface area contributed by atoms with Crippen molar-refractivity contribution in [3.05, 3.63) is 53.3 Å². The number of nitrogens with one attached hydrogen (secondary N) is 2. The number of nitrogens with zero attached hydrogens (tertiary/aromatic N) is 2. The summed E-state index contributed by atoms with van der Waals surface area (Å²) in [6, 6.07) is 9.64. The number of rotatable bonds is 8. The van der Waals surface area contributed by atoms with E-state index in [2.05, 4.69) is 20.6 Å². The molecule has 6 heteroatoms. The van der Waals surface area contributed by atoms with Crippen LogP contribution in [0.1, 0.15) is 28.0 Å². The van der Waals surface area contributed by atoms with Crippen molar-refractivity contribution >= 4 is 11.9 Å². The molecular formula is C17H22N4O2. The molecule has 0 saturated carbocycles. The van der Waals surface area contributed by atoms with Gasteiger partial charge in [-0.25, -0.2) is 9.97 Å². The van der Waals surface area contributed by atoms with Crippen LogP contribution < -0.4 is 10.6 Å². The number of benzene rings is 1. The van der Waals surface area contributed by atoms with Gasteiger partial charge in [-0.1, -0.05) is 29.8 Å². The molecule has 1 heterocycles. The van der Waals surface area contributed by atoms with Crippen molar-refractivity contribution in [2.45, 2.75) is 19.9 Å². The van der Waals surface area contributed by atoms with Gasteiger partial charge in [0.25, 0.3) is 5.91 Å². The van der Waals surface area contributed by atoms with E-state index in [0.717, 1.165) is 12.0 Å². The van der Waals surface area contributed by atoms with Crippen LogP contribution in [0.5, 0.6) is 0 Å². The summed E-state index contributed by atoms with van der Waals surface area (Å²) in [6.07, 6.45) is 2.43. The zero-order chi connectivity index (χ0) is 16.5. The third-order valence-electron chi connectivity index (χ3n) is 3.27. The average molecular weight is 314 g/mol. The van der Waals surface area contributed by atoms with Crippen molar-refractivity contribution in [1.82, 2.24) is 15.3 Å². The van der Waals surface area contributed by atoms with Gasteiger partial charge < -0.3 is 15.4 Å². The Morgan fingerprint density at radius 2 is 2.00 bits per heavy atom. The Labute approximate surface area is 136 Å². The van der Waals surface area contributed by atoms with Crippen molar-refractivity contribution in [2.24, 2.45) is 0 Å². The minimum Gasteiger partial charge on any atom is -0.385 e. The number of carbonyl (C=O) groups excluding carboxylic acids is 1.